The molecule has 0 aliphatic rings. The van der Waals surface area contributed by atoms with Crippen LogP contribution in [0.5, 0.6) is 0 Å². The largest absolute Gasteiger partial charge is 0.375 e. The predicted molar refractivity (Wildman–Crippen MR) is 92.2 cm³/mol. The van der Waals surface area contributed by atoms with Crippen LogP contribution in [0.2, 0.25) is 0 Å². The smallest absolute Gasteiger partial charge is 0.0373 e. The Morgan fingerprint density at radius 1 is 1.11 bits per heavy atom. The number of hydrogen-bond acceptors (Lipinski definition) is 1. The van der Waals surface area contributed by atoms with Crippen LogP contribution in [0.25, 0.3) is 0 Å². The Labute approximate surface area is 119 Å². The molecule has 2 atom stereocenters. The number of allylic oxidation sites excluding steroid dienone is 1. The molecule has 0 aliphatic carbocycles. The Kier molecular flexibility index (Phi) is 8.04. The number of hydrogen-bond donors (Lipinski definition) is 0. The molecule has 0 amide bonds. The molecule has 0 heterocycles. The lowest BCUT2D eigenvalue weighted by Gasteiger charge is -2.37. The van der Waals surface area contributed by atoms with Gasteiger partial charge in [-0.3, -0.25) is 0 Å². The van der Waals surface area contributed by atoms with Crippen molar-refractivity contribution in [1.82, 2.24) is 4.90 Å². The highest BCUT2D eigenvalue weighted by atomic mass is 31.1. The highest BCUT2D eigenvalue weighted by Gasteiger charge is 2.24. The molecule has 0 aliphatic heterocycles. The van der Waals surface area contributed by atoms with Crippen LogP contribution in [0.1, 0.15) is 41.0 Å². The molecule has 0 rings (SSSR count). The predicted octanol–water partition coefficient (Wildman–Crippen LogP) is 4.63. The fourth-order valence-electron chi connectivity index (χ4n) is 1.83. The Bertz CT molecular complexity index is 270. The van der Waals surface area contributed by atoms with Gasteiger partial charge in [0.2, 0.25) is 0 Å². The molecule has 0 saturated heterocycles. The average molecular weight is 289 g/mol. The van der Waals surface area contributed by atoms with Gasteiger partial charge in [0.15, 0.2) is 0 Å². The van der Waals surface area contributed by atoms with Crippen LogP contribution >= 0.6 is 17.2 Å². The molecule has 0 radical (unpaired) electrons. The van der Waals surface area contributed by atoms with E-state index in [1.165, 1.54) is 24.3 Å². The molecule has 0 aromatic heterocycles. The van der Waals surface area contributed by atoms with Gasteiger partial charge in [0.25, 0.3) is 0 Å². The molecule has 18 heavy (non-hydrogen) atoms. The first-order valence-corrected chi connectivity index (χ1v) is 10.3. The zero-order valence-corrected chi connectivity index (χ0v) is 15.6. The lowest BCUT2D eigenvalue weighted by atomic mass is 9.83. The van der Waals surface area contributed by atoms with E-state index >= 15 is 0 Å². The molecule has 108 valence electrons. The maximum Gasteiger partial charge on any atom is 0.0373 e. The van der Waals surface area contributed by atoms with Crippen LogP contribution < -0.4 is 0 Å². The minimum Gasteiger partial charge on any atom is -0.375 e. The van der Waals surface area contributed by atoms with E-state index in [-0.39, 0.29) is 5.54 Å². The van der Waals surface area contributed by atoms with E-state index in [1.807, 2.05) is 0 Å². The molecule has 0 aromatic rings. The molecule has 0 bridgehead atoms. The molecule has 0 spiro atoms. The first-order chi connectivity index (χ1) is 8.17. The molecule has 3 heteroatoms. The van der Waals surface area contributed by atoms with Gasteiger partial charge in [0.05, 0.1) is 0 Å². The quantitative estimate of drug-likeness (QED) is 0.589. The van der Waals surface area contributed by atoms with Gasteiger partial charge in [0.1, 0.15) is 0 Å². The fourth-order valence-corrected chi connectivity index (χ4v) is 3.82. The molecule has 0 aromatic carbocycles. The van der Waals surface area contributed by atoms with Crippen LogP contribution in [-0.2, 0) is 0 Å². The first-order valence-electron chi connectivity index (χ1n) is 6.88. The van der Waals surface area contributed by atoms with Crippen LogP contribution in [0.4, 0.5) is 0 Å². The molecule has 0 N–H and O–H groups in total. The van der Waals surface area contributed by atoms with Crippen molar-refractivity contribution in [3.8, 4) is 0 Å². The van der Waals surface area contributed by atoms with Gasteiger partial charge >= 0.3 is 0 Å². The summed E-state index contributed by atoms with van der Waals surface area (Å²) in [6.45, 7) is 16.3. The third kappa shape index (κ3) is 6.03. The van der Waals surface area contributed by atoms with Crippen molar-refractivity contribution in [2.24, 2.45) is 5.41 Å². The van der Waals surface area contributed by atoms with Crippen molar-refractivity contribution in [3.05, 3.63) is 11.8 Å². The molecular weight excluding hydrogens is 256 g/mol. The lowest BCUT2D eigenvalue weighted by Crippen LogP contribution is -2.40. The summed E-state index contributed by atoms with van der Waals surface area (Å²) in [7, 11) is 4.31. The maximum absolute atomic E-state index is 2.41. The normalized spacial score (nSPS) is 15.2. The number of rotatable bonds is 8. The minimum absolute atomic E-state index is 0.275. The third-order valence-electron chi connectivity index (χ3n) is 4.02. The second-order valence-electron chi connectivity index (χ2n) is 6.50. The highest BCUT2D eigenvalue weighted by molar-refractivity contribution is 7.37. The standard InChI is InChI=1S/C15H33NP2/c1-13(14(2,3)9-10-17-7)11-16(6)15(4,5)12-18-8/h11,17-18H,9-10,12H2,1-8H3/b13-11+. The molecular formula is C15H33NP2. The van der Waals surface area contributed by atoms with Gasteiger partial charge in [-0.05, 0) is 64.5 Å². The topological polar surface area (TPSA) is 3.24 Å². The zero-order valence-electron chi connectivity index (χ0n) is 13.6. The van der Waals surface area contributed by atoms with E-state index < -0.39 is 0 Å². The van der Waals surface area contributed by atoms with E-state index in [4.69, 9.17) is 0 Å². The molecule has 0 fully saturated rings. The van der Waals surface area contributed by atoms with Gasteiger partial charge in [-0.2, -0.15) is 0 Å². The van der Waals surface area contributed by atoms with Crippen molar-refractivity contribution in [1.29, 1.82) is 0 Å². The summed E-state index contributed by atoms with van der Waals surface area (Å²) in [6, 6.07) is 0. The fraction of sp³-hybridized carbons (Fsp3) is 0.867. The summed E-state index contributed by atoms with van der Waals surface area (Å²) < 4.78 is 0. The van der Waals surface area contributed by atoms with E-state index in [9.17, 15) is 0 Å². The lowest BCUT2D eigenvalue weighted by molar-refractivity contribution is 0.248. The average Bonchev–Trinajstić information content (AvgIpc) is 2.26. The summed E-state index contributed by atoms with van der Waals surface area (Å²) in [5.74, 6) is 0. The monoisotopic (exact) mass is 289 g/mol. The summed E-state index contributed by atoms with van der Waals surface area (Å²) in [6.07, 6.45) is 6.29. The Morgan fingerprint density at radius 3 is 2.11 bits per heavy atom. The summed E-state index contributed by atoms with van der Waals surface area (Å²) in [5, 5.41) is 0. The molecule has 0 saturated carbocycles. The van der Waals surface area contributed by atoms with Crippen LogP contribution in [0, 0.1) is 5.41 Å². The molecule has 2 unspecified atom stereocenters. The Morgan fingerprint density at radius 2 is 1.67 bits per heavy atom. The van der Waals surface area contributed by atoms with Crippen molar-refractivity contribution >= 4 is 17.2 Å². The van der Waals surface area contributed by atoms with Crippen LogP contribution in [0.15, 0.2) is 11.8 Å². The zero-order chi connectivity index (χ0) is 14.4. The summed E-state index contributed by atoms with van der Waals surface area (Å²) in [5.41, 5.74) is 2.12. The van der Waals surface area contributed by atoms with E-state index in [0.29, 0.717) is 5.41 Å². The van der Waals surface area contributed by atoms with E-state index in [0.717, 1.165) is 17.2 Å². The Hall–Kier alpha value is 0.400. The van der Waals surface area contributed by atoms with Gasteiger partial charge < -0.3 is 4.90 Å². The van der Waals surface area contributed by atoms with Crippen molar-refractivity contribution in [3.63, 3.8) is 0 Å². The maximum atomic E-state index is 2.41. The van der Waals surface area contributed by atoms with Gasteiger partial charge in [-0.15, -0.1) is 17.2 Å². The number of nitrogens with zero attached hydrogens (tertiary/aromatic N) is 1. The van der Waals surface area contributed by atoms with Gasteiger partial charge in [-0.1, -0.05) is 19.4 Å². The first kappa shape index (κ1) is 18.4. The van der Waals surface area contributed by atoms with Gasteiger partial charge in [0, 0.05) is 12.6 Å². The summed E-state index contributed by atoms with van der Waals surface area (Å²) >= 11 is 0. The summed E-state index contributed by atoms with van der Waals surface area (Å²) in [4.78, 5) is 2.41. The van der Waals surface area contributed by atoms with E-state index in [1.54, 1.807) is 0 Å². The highest BCUT2D eigenvalue weighted by Crippen LogP contribution is 2.33. The van der Waals surface area contributed by atoms with Crippen LogP contribution in [0.3, 0.4) is 0 Å². The van der Waals surface area contributed by atoms with Crippen LogP contribution in [-0.4, -0.2) is 43.1 Å². The minimum atomic E-state index is 0.275. The van der Waals surface area contributed by atoms with Crippen molar-refractivity contribution < 1.29 is 0 Å². The second-order valence-corrected chi connectivity index (χ2v) is 8.77. The van der Waals surface area contributed by atoms with E-state index in [2.05, 4.69) is 66.1 Å². The van der Waals surface area contributed by atoms with Crippen molar-refractivity contribution in [2.75, 3.05) is 32.7 Å². The third-order valence-corrected chi connectivity index (χ3v) is 5.99. The second kappa shape index (κ2) is 7.86. The van der Waals surface area contributed by atoms with Gasteiger partial charge in [-0.25, -0.2) is 0 Å². The Balaban J connectivity index is 4.74. The SMILES string of the molecule is CPCCC(C)(C)/C(C)=C/N(C)C(C)(C)CPC. The molecule has 1 nitrogen and oxygen atoms in total. The van der Waals surface area contributed by atoms with Crippen molar-refractivity contribution in [2.45, 2.75) is 46.6 Å².